The predicted octanol–water partition coefficient (Wildman–Crippen LogP) is 4.05. The molecule has 0 amide bonds. The Morgan fingerprint density at radius 2 is 1.93 bits per heavy atom. The molecule has 2 atom stereocenters. The molecular weight excluding hydrogens is 376 g/mol. The van der Waals surface area contributed by atoms with Crippen molar-refractivity contribution in [1.82, 2.24) is 14.8 Å². The minimum atomic E-state index is -0.359. The van der Waals surface area contributed by atoms with Gasteiger partial charge in [0.25, 0.3) is 0 Å². The average Bonchev–Trinajstić information content (AvgIpc) is 3.15. The number of phenols is 1. The molecule has 0 bridgehead atoms. The lowest BCUT2D eigenvalue weighted by Crippen LogP contribution is -2.33. The molecule has 28 heavy (non-hydrogen) atoms. The first-order chi connectivity index (χ1) is 13.6. The van der Waals surface area contributed by atoms with Crippen molar-refractivity contribution < 1.29 is 9.90 Å². The number of aromatic hydroxyl groups is 1. The summed E-state index contributed by atoms with van der Waals surface area (Å²) in [5.41, 5.74) is 3.53. The number of ketones is 1. The highest BCUT2D eigenvalue weighted by atomic mass is 35.5. The second-order valence-electron chi connectivity index (χ2n) is 7.12. The molecule has 2 aliphatic rings. The zero-order chi connectivity index (χ0) is 19.3. The molecule has 2 N–H and O–H groups in total. The largest absolute Gasteiger partial charge is 0.508 e. The number of aromatic nitrogens is 3. The lowest BCUT2D eigenvalue weighted by atomic mass is 9.78. The van der Waals surface area contributed by atoms with E-state index in [2.05, 4.69) is 15.4 Å². The Kier molecular flexibility index (Phi) is 3.94. The number of hydrogen-bond acceptors (Lipinski definition) is 5. The van der Waals surface area contributed by atoms with Crippen LogP contribution in [-0.2, 0) is 4.79 Å². The lowest BCUT2D eigenvalue weighted by molar-refractivity contribution is -0.116. The minimum absolute atomic E-state index is 0.0624. The number of halogens is 1. The van der Waals surface area contributed by atoms with Crippen LogP contribution in [0.1, 0.15) is 35.9 Å². The van der Waals surface area contributed by atoms with Gasteiger partial charge in [-0.2, -0.15) is 10.1 Å². The van der Waals surface area contributed by atoms with Crippen LogP contribution in [0.4, 0.5) is 5.95 Å². The van der Waals surface area contributed by atoms with E-state index in [1.807, 2.05) is 36.4 Å². The highest BCUT2D eigenvalue weighted by Gasteiger charge is 2.39. The van der Waals surface area contributed by atoms with E-state index in [-0.39, 0.29) is 23.5 Å². The highest BCUT2D eigenvalue weighted by Crippen LogP contribution is 2.44. The smallest absolute Gasteiger partial charge is 0.226 e. The summed E-state index contributed by atoms with van der Waals surface area (Å²) < 4.78 is 1.73. The molecule has 0 spiro atoms. The Balaban J connectivity index is 1.59. The van der Waals surface area contributed by atoms with Crippen LogP contribution in [0, 0.1) is 0 Å². The van der Waals surface area contributed by atoms with Crippen LogP contribution in [0.3, 0.4) is 0 Å². The normalized spacial score (nSPS) is 21.1. The number of carbonyl (C=O) groups is 1. The zero-order valence-corrected chi connectivity index (χ0v) is 15.6. The number of nitrogens with one attached hydrogen (secondary N) is 1. The quantitative estimate of drug-likeness (QED) is 0.687. The first kappa shape index (κ1) is 17.0. The molecule has 5 rings (SSSR count). The van der Waals surface area contributed by atoms with Gasteiger partial charge in [0.15, 0.2) is 5.78 Å². The molecule has 1 aliphatic carbocycles. The monoisotopic (exact) mass is 392 g/mol. The predicted molar refractivity (Wildman–Crippen MR) is 105 cm³/mol. The van der Waals surface area contributed by atoms with Gasteiger partial charge < -0.3 is 10.4 Å². The molecule has 6 nitrogen and oxygen atoms in total. The summed E-state index contributed by atoms with van der Waals surface area (Å²) in [4.78, 5) is 17.5. The number of allylic oxidation sites excluding steroid dienone is 2. The summed E-state index contributed by atoms with van der Waals surface area (Å²) in [6, 6.07) is 14.2. The van der Waals surface area contributed by atoms with Gasteiger partial charge in [-0.25, -0.2) is 4.68 Å². The van der Waals surface area contributed by atoms with E-state index < -0.39 is 0 Å². The average molecular weight is 393 g/mol. The number of fused-ring (bicyclic) bond motifs is 1. The topological polar surface area (TPSA) is 80.0 Å². The van der Waals surface area contributed by atoms with Crippen molar-refractivity contribution in [3.8, 4) is 5.75 Å². The number of anilines is 1. The molecule has 3 aromatic rings. The van der Waals surface area contributed by atoms with E-state index in [1.165, 1.54) is 6.33 Å². The third kappa shape index (κ3) is 2.77. The molecule has 2 aromatic carbocycles. The summed E-state index contributed by atoms with van der Waals surface area (Å²) in [7, 11) is 0. The molecule has 0 unspecified atom stereocenters. The van der Waals surface area contributed by atoms with E-state index in [1.54, 1.807) is 16.8 Å². The standard InChI is InChI=1S/C21H17ClN4O2/c22-15-3-1-2-13(8-15)14-9-17-19(18(28)10-14)20(12-4-6-16(27)7-5-12)26-21(25-17)23-11-24-26/h1-8,11,14,20,27H,9-10H2,(H,23,24,25)/t14-,20+/m1/s1. The number of phenolic OH excluding ortho intramolecular Hbond substituents is 1. The van der Waals surface area contributed by atoms with Crippen molar-refractivity contribution in [1.29, 1.82) is 0 Å². The van der Waals surface area contributed by atoms with Crippen molar-refractivity contribution in [3.05, 3.63) is 82.3 Å². The molecular formula is C21H17ClN4O2. The summed E-state index contributed by atoms with van der Waals surface area (Å²) in [6.07, 6.45) is 2.59. The van der Waals surface area contributed by atoms with Crippen LogP contribution in [0.5, 0.6) is 5.75 Å². The third-order valence-corrected chi connectivity index (χ3v) is 5.63. The number of Topliss-reactive ketones (excluding diaryl/α,β-unsaturated/α-hetero) is 1. The second kappa shape index (κ2) is 6.49. The number of nitrogens with zero attached hydrogens (tertiary/aromatic N) is 3. The maximum atomic E-state index is 13.2. The van der Waals surface area contributed by atoms with Crippen molar-refractivity contribution in [2.45, 2.75) is 24.8 Å². The molecule has 0 radical (unpaired) electrons. The van der Waals surface area contributed by atoms with E-state index in [9.17, 15) is 9.90 Å². The van der Waals surface area contributed by atoms with Gasteiger partial charge in [-0.15, -0.1) is 0 Å². The highest BCUT2D eigenvalue weighted by molar-refractivity contribution is 6.30. The lowest BCUT2D eigenvalue weighted by Gasteiger charge is -2.35. The fraction of sp³-hybridized carbons (Fsp3) is 0.190. The second-order valence-corrected chi connectivity index (χ2v) is 7.56. The van der Waals surface area contributed by atoms with Crippen LogP contribution in [0.2, 0.25) is 5.02 Å². The van der Waals surface area contributed by atoms with Crippen molar-refractivity contribution in [3.63, 3.8) is 0 Å². The molecule has 2 heterocycles. The van der Waals surface area contributed by atoms with Gasteiger partial charge in [-0.05, 0) is 47.7 Å². The van der Waals surface area contributed by atoms with E-state index in [0.29, 0.717) is 29.4 Å². The first-order valence-electron chi connectivity index (χ1n) is 9.07. The fourth-order valence-electron chi connectivity index (χ4n) is 4.11. The maximum Gasteiger partial charge on any atom is 0.226 e. The zero-order valence-electron chi connectivity index (χ0n) is 14.8. The van der Waals surface area contributed by atoms with Gasteiger partial charge in [0, 0.05) is 22.7 Å². The number of benzene rings is 2. The van der Waals surface area contributed by atoms with Crippen molar-refractivity contribution >= 4 is 23.3 Å². The Morgan fingerprint density at radius 3 is 2.71 bits per heavy atom. The number of carbonyl (C=O) groups excluding carboxylic acids is 1. The molecule has 0 saturated carbocycles. The van der Waals surface area contributed by atoms with Crippen molar-refractivity contribution in [2.75, 3.05) is 5.32 Å². The van der Waals surface area contributed by atoms with Gasteiger partial charge in [0.2, 0.25) is 5.95 Å². The molecule has 1 aromatic heterocycles. The number of hydrogen-bond donors (Lipinski definition) is 2. The van der Waals surface area contributed by atoms with Gasteiger partial charge >= 0.3 is 0 Å². The fourth-order valence-corrected chi connectivity index (χ4v) is 4.31. The Morgan fingerprint density at radius 1 is 1.11 bits per heavy atom. The third-order valence-electron chi connectivity index (χ3n) is 5.39. The SMILES string of the molecule is O=C1C[C@H](c2cccc(Cl)c2)CC2=C1[C@H](c1ccc(O)cc1)n1ncnc1N2. The maximum absolute atomic E-state index is 13.2. The van der Waals surface area contributed by atoms with Crippen LogP contribution in [0.25, 0.3) is 0 Å². The Labute approximate surface area is 166 Å². The summed E-state index contributed by atoms with van der Waals surface area (Å²) in [5.74, 6) is 0.934. The number of rotatable bonds is 2. The van der Waals surface area contributed by atoms with E-state index in [4.69, 9.17) is 11.6 Å². The van der Waals surface area contributed by atoms with Crippen LogP contribution >= 0.6 is 11.6 Å². The first-order valence-corrected chi connectivity index (χ1v) is 9.45. The Bertz CT molecular complexity index is 1100. The van der Waals surface area contributed by atoms with Crippen molar-refractivity contribution in [2.24, 2.45) is 0 Å². The van der Waals surface area contributed by atoms with Crippen LogP contribution in [-0.4, -0.2) is 25.7 Å². The summed E-state index contributed by atoms with van der Waals surface area (Å²) >= 11 is 6.15. The van der Waals surface area contributed by atoms with Gasteiger partial charge in [0.05, 0.1) is 0 Å². The molecule has 0 fully saturated rings. The molecule has 7 heteroatoms. The van der Waals surface area contributed by atoms with Crippen LogP contribution < -0.4 is 5.32 Å². The summed E-state index contributed by atoms with van der Waals surface area (Å²) in [5, 5.41) is 17.9. The van der Waals surface area contributed by atoms with Gasteiger partial charge in [-0.3, -0.25) is 4.79 Å². The van der Waals surface area contributed by atoms with Crippen LogP contribution in [0.15, 0.2) is 66.1 Å². The minimum Gasteiger partial charge on any atom is -0.508 e. The van der Waals surface area contributed by atoms with E-state index in [0.717, 1.165) is 16.8 Å². The molecule has 1 aliphatic heterocycles. The van der Waals surface area contributed by atoms with E-state index >= 15 is 0 Å². The summed E-state index contributed by atoms with van der Waals surface area (Å²) in [6.45, 7) is 0. The molecule has 0 saturated heterocycles. The van der Waals surface area contributed by atoms with Gasteiger partial charge in [0.1, 0.15) is 18.1 Å². The van der Waals surface area contributed by atoms with Gasteiger partial charge in [-0.1, -0.05) is 35.9 Å². The Hall–Kier alpha value is -3.12. The molecule has 140 valence electrons.